The Morgan fingerprint density at radius 3 is 2.40 bits per heavy atom. The molecule has 0 bridgehead atoms. The van der Waals surface area contributed by atoms with Gasteiger partial charge in [0.25, 0.3) is 0 Å². The van der Waals surface area contributed by atoms with E-state index in [0.29, 0.717) is 13.1 Å². The van der Waals surface area contributed by atoms with E-state index in [9.17, 15) is 9.90 Å². The molecule has 150 valence electrons. The number of ether oxygens (including phenoxy) is 1. The molecule has 1 saturated heterocycles. The number of hydrogen-bond donors (Lipinski definition) is 0. The van der Waals surface area contributed by atoms with Gasteiger partial charge in [0.2, 0.25) is 0 Å². The van der Waals surface area contributed by atoms with Gasteiger partial charge in [-0.25, -0.2) is 4.68 Å². The Morgan fingerprint density at radius 2 is 1.80 bits per heavy atom. The molecule has 1 fully saturated rings. The predicted molar refractivity (Wildman–Crippen MR) is 106 cm³/mol. The van der Waals surface area contributed by atoms with E-state index in [4.69, 9.17) is 4.74 Å². The molecule has 0 unspecified atom stereocenters. The zero-order valence-electron chi connectivity index (χ0n) is 17.5. The van der Waals surface area contributed by atoms with Gasteiger partial charge in [-0.2, -0.15) is 0 Å². The van der Waals surface area contributed by atoms with Crippen molar-refractivity contribution in [2.45, 2.75) is 26.5 Å². The van der Waals surface area contributed by atoms with Crippen molar-refractivity contribution in [1.82, 2.24) is 19.9 Å². The van der Waals surface area contributed by atoms with Crippen molar-refractivity contribution >= 4 is 5.97 Å². The number of hydrogen-bond acceptors (Lipinski definition) is 6. The third-order valence-electron chi connectivity index (χ3n) is 4.91. The first-order valence-corrected chi connectivity index (χ1v) is 9.70. The summed E-state index contributed by atoms with van der Waals surface area (Å²) in [6.45, 7) is 5.84. The zero-order chi connectivity index (χ0) is 20.4. The van der Waals surface area contributed by atoms with Crippen LogP contribution >= 0.6 is 0 Å². The second kappa shape index (κ2) is 9.75. The number of aromatic nitrogens is 3. The molecule has 4 rings (SSSR count). The van der Waals surface area contributed by atoms with E-state index in [2.05, 4.69) is 15.2 Å². The van der Waals surface area contributed by atoms with E-state index in [0.717, 1.165) is 34.8 Å². The molecule has 7 nitrogen and oxygen atoms in total. The smallest absolute Gasteiger partial charge is 0.550 e. The second-order valence-corrected chi connectivity index (χ2v) is 7.62. The molecule has 0 aliphatic carbocycles. The largest absolute Gasteiger partial charge is 1.00 e. The molecule has 30 heavy (non-hydrogen) atoms. The van der Waals surface area contributed by atoms with E-state index in [-0.39, 0.29) is 41.6 Å². The molecule has 3 aromatic rings. The number of benzene rings is 2. The topological polar surface area (TPSA) is 83.3 Å². The Labute approximate surface area is 197 Å². The van der Waals surface area contributed by atoms with Crippen LogP contribution < -0.4 is 39.4 Å². The maximum Gasteiger partial charge on any atom is 1.00 e. The van der Waals surface area contributed by atoms with Gasteiger partial charge in [-0.15, -0.1) is 5.10 Å². The minimum absolute atomic E-state index is 0. The molecule has 8 heteroatoms. The van der Waals surface area contributed by atoms with Crippen LogP contribution in [0.1, 0.15) is 19.4 Å². The fourth-order valence-electron chi connectivity index (χ4n) is 3.36. The Morgan fingerprint density at radius 1 is 1.13 bits per heavy atom. The first-order chi connectivity index (χ1) is 14.0. The molecule has 2 heterocycles. The Kier molecular flexibility index (Phi) is 7.31. The average Bonchev–Trinajstić information content (AvgIpc) is 3.15. The van der Waals surface area contributed by atoms with Crippen molar-refractivity contribution < 1.29 is 44.2 Å². The quantitative estimate of drug-likeness (QED) is 0.457. The third kappa shape index (κ3) is 5.29. The van der Waals surface area contributed by atoms with Gasteiger partial charge >= 0.3 is 29.6 Å². The molecule has 0 amide bonds. The average molecular weight is 414 g/mol. The number of rotatable bonds is 7. The van der Waals surface area contributed by atoms with Crippen LogP contribution in [-0.4, -0.2) is 45.1 Å². The number of carboxylic acid groups (broad SMARTS) is 1. The van der Waals surface area contributed by atoms with Crippen molar-refractivity contribution in [1.29, 1.82) is 0 Å². The second-order valence-electron chi connectivity index (χ2n) is 7.62. The molecular formula is C22H23N4NaO3. The minimum atomic E-state index is -0.958. The fourth-order valence-corrected chi connectivity index (χ4v) is 3.36. The summed E-state index contributed by atoms with van der Waals surface area (Å²) in [5.74, 6) is -0.464. The molecule has 0 saturated carbocycles. The van der Waals surface area contributed by atoms with E-state index in [1.807, 2.05) is 68.6 Å². The normalized spacial score (nSPS) is 14.2. The number of carbonyl (C=O) groups excluding carboxylic acids is 1. The summed E-state index contributed by atoms with van der Waals surface area (Å²) in [5.41, 5.74) is 3.82. The Balaban J connectivity index is 0.00000256. The zero-order valence-corrected chi connectivity index (χ0v) is 19.5. The molecular weight excluding hydrogens is 391 g/mol. The molecule has 0 radical (unpaired) electrons. The third-order valence-corrected chi connectivity index (χ3v) is 4.91. The maximum absolute atomic E-state index is 10.8. The molecule has 1 aliphatic rings. The summed E-state index contributed by atoms with van der Waals surface area (Å²) >= 11 is 0. The van der Waals surface area contributed by atoms with Crippen LogP contribution in [0.4, 0.5) is 0 Å². The summed E-state index contributed by atoms with van der Waals surface area (Å²) in [5, 5.41) is 19.3. The van der Waals surface area contributed by atoms with Crippen LogP contribution in [0.15, 0.2) is 54.7 Å². The van der Waals surface area contributed by atoms with Gasteiger partial charge in [0.15, 0.2) is 0 Å². The van der Waals surface area contributed by atoms with Gasteiger partial charge in [0, 0.05) is 37.1 Å². The van der Waals surface area contributed by atoms with Gasteiger partial charge in [0.1, 0.15) is 11.4 Å². The molecule has 0 atom stereocenters. The maximum atomic E-state index is 10.8. The van der Waals surface area contributed by atoms with E-state index >= 15 is 0 Å². The Hall–Kier alpha value is -2.19. The number of aliphatic carboxylic acids is 1. The molecule has 2 aromatic carbocycles. The number of likely N-dealkylation sites (tertiary alicyclic amines) is 1. The van der Waals surface area contributed by atoms with Gasteiger partial charge in [-0.1, -0.05) is 17.3 Å². The van der Waals surface area contributed by atoms with Crippen molar-refractivity contribution in [3.63, 3.8) is 0 Å². The number of carboxylic acids is 1. The van der Waals surface area contributed by atoms with Crippen LogP contribution in [0.2, 0.25) is 0 Å². The SMILES string of the molecule is CC(C)Oc1ccc(-c2cn(-c3ccc(CN4CC(C(=O)[O-])C4)cc3)nn2)cc1.[Na+]. The molecule has 1 aromatic heterocycles. The van der Waals surface area contributed by atoms with Gasteiger partial charge < -0.3 is 14.6 Å². The molecule has 0 spiro atoms. The fraction of sp³-hybridized carbons (Fsp3) is 0.318. The van der Waals surface area contributed by atoms with Crippen LogP contribution in [0.25, 0.3) is 16.9 Å². The number of carbonyl (C=O) groups is 1. The van der Waals surface area contributed by atoms with Crippen molar-refractivity contribution in [2.24, 2.45) is 5.92 Å². The first kappa shape index (κ1) is 22.5. The summed E-state index contributed by atoms with van der Waals surface area (Å²) < 4.78 is 7.41. The van der Waals surface area contributed by atoms with E-state index in [1.54, 1.807) is 4.68 Å². The van der Waals surface area contributed by atoms with E-state index < -0.39 is 5.97 Å². The van der Waals surface area contributed by atoms with Crippen molar-refractivity contribution in [3.8, 4) is 22.7 Å². The summed E-state index contributed by atoms with van der Waals surface area (Å²) in [4.78, 5) is 12.9. The monoisotopic (exact) mass is 414 g/mol. The van der Waals surface area contributed by atoms with E-state index in [1.165, 1.54) is 0 Å². The van der Waals surface area contributed by atoms with Gasteiger partial charge in [-0.3, -0.25) is 4.90 Å². The minimum Gasteiger partial charge on any atom is -0.550 e. The summed E-state index contributed by atoms with van der Waals surface area (Å²) in [6, 6.07) is 15.9. The van der Waals surface area contributed by atoms with Crippen LogP contribution in [0, 0.1) is 5.92 Å². The number of nitrogens with zero attached hydrogens (tertiary/aromatic N) is 4. The van der Waals surface area contributed by atoms with Gasteiger partial charge in [0.05, 0.1) is 18.0 Å². The standard InChI is InChI=1S/C22H24N4O3.Na/c1-15(2)29-20-9-5-17(6-10-20)21-14-26(24-23-21)19-7-3-16(4-8-19)11-25-12-18(13-25)22(27)28;/h3-10,14-15,18H,11-13H2,1-2H3,(H,27,28);/q;+1/p-1. The molecule has 1 aliphatic heterocycles. The van der Waals surface area contributed by atoms with Crippen LogP contribution in [0.3, 0.4) is 0 Å². The molecule has 0 N–H and O–H groups in total. The van der Waals surface area contributed by atoms with Crippen molar-refractivity contribution in [3.05, 3.63) is 60.3 Å². The first-order valence-electron chi connectivity index (χ1n) is 9.70. The van der Waals surface area contributed by atoms with Gasteiger partial charge in [-0.05, 0) is 55.8 Å². The summed E-state index contributed by atoms with van der Waals surface area (Å²) in [6.07, 6.45) is 2.04. The predicted octanol–water partition coefficient (Wildman–Crippen LogP) is -1.09. The van der Waals surface area contributed by atoms with Crippen LogP contribution in [0.5, 0.6) is 5.75 Å². The van der Waals surface area contributed by atoms with Crippen molar-refractivity contribution in [2.75, 3.05) is 13.1 Å². The summed E-state index contributed by atoms with van der Waals surface area (Å²) in [7, 11) is 0. The Bertz CT molecular complexity index is 980. The van der Waals surface area contributed by atoms with Crippen LogP contribution in [-0.2, 0) is 11.3 Å².